The van der Waals surface area contributed by atoms with Gasteiger partial charge in [0.1, 0.15) is 0 Å². The van der Waals surface area contributed by atoms with E-state index in [1.54, 1.807) is 18.9 Å². The third-order valence-electron chi connectivity index (χ3n) is 3.12. The van der Waals surface area contributed by atoms with Crippen molar-refractivity contribution in [2.75, 3.05) is 13.6 Å². The Kier molecular flexibility index (Phi) is 3.91. The molecule has 0 saturated heterocycles. The number of hydrogen-bond acceptors (Lipinski definition) is 3. The molecule has 0 radical (unpaired) electrons. The van der Waals surface area contributed by atoms with Crippen molar-refractivity contribution in [3.63, 3.8) is 0 Å². The molecule has 0 bridgehead atoms. The molecule has 0 aromatic rings. The summed E-state index contributed by atoms with van der Waals surface area (Å²) in [7, 11) is 1.68. The van der Waals surface area contributed by atoms with Crippen molar-refractivity contribution in [3.05, 3.63) is 0 Å². The van der Waals surface area contributed by atoms with Crippen molar-refractivity contribution in [1.29, 1.82) is 0 Å². The Labute approximate surface area is 95.6 Å². The molecule has 1 amide bonds. The van der Waals surface area contributed by atoms with E-state index in [9.17, 15) is 9.59 Å². The number of carboxylic acids is 1. The number of aliphatic carboxylic acids is 1. The number of likely N-dealkylation sites (N-methyl/N-ethyl adjacent to an activating group) is 1. The molecule has 3 N–H and O–H groups in total. The Morgan fingerprint density at radius 2 is 2.06 bits per heavy atom. The number of nitrogens with two attached hydrogens (primary N) is 1. The van der Waals surface area contributed by atoms with Crippen molar-refractivity contribution < 1.29 is 14.7 Å². The van der Waals surface area contributed by atoms with Crippen molar-refractivity contribution in [2.24, 2.45) is 11.7 Å². The van der Waals surface area contributed by atoms with E-state index in [2.05, 4.69) is 0 Å². The first-order valence-electron chi connectivity index (χ1n) is 5.62. The molecule has 0 aromatic carbocycles. The zero-order valence-electron chi connectivity index (χ0n) is 9.90. The van der Waals surface area contributed by atoms with Gasteiger partial charge in [0, 0.05) is 20.0 Å². The molecule has 1 unspecified atom stereocenters. The first kappa shape index (κ1) is 13.0. The molecule has 16 heavy (non-hydrogen) atoms. The molecule has 1 atom stereocenters. The van der Waals surface area contributed by atoms with Gasteiger partial charge in [0.15, 0.2) is 0 Å². The van der Waals surface area contributed by atoms with Crippen molar-refractivity contribution in [3.8, 4) is 0 Å². The molecule has 0 spiro atoms. The first-order valence-corrected chi connectivity index (χ1v) is 5.62. The summed E-state index contributed by atoms with van der Waals surface area (Å²) in [4.78, 5) is 23.9. The van der Waals surface area contributed by atoms with Crippen molar-refractivity contribution in [2.45, 2.75) is 38.1 Å². The highest BCUT2D eigenvalue weighted by Crippen LogP contribution is 2.38. The minimum atomic E-state index is -0.835. The van der Waals surface area contributed by atoms with Crippen LogP contribution in [0.25, 0.3) is 0 Å². The molecule has 1 aliphatic carbocycles. The molecular formula is C11H20N2O3. The Morgan fingerprint density at radius 3 is 2.50 bits per heavy atom. The number of rotatable bonds is 6. The standard InChI is InChI=1S/C11H20N2O3/c1-11(12,8-5-6-8)10(16)13(2)7-3-4-9(14)15/h8H,3-7,12H2,1-2H3,(H,14,15). The van der Waals surface area contributed by atoms with Crippen LogP contribution >= 0.6 is 0 Å². The topological polar surface area (TPSA) is 83.6 Å². The van der Waals surface area contributed by atoms with Gasteiger partial charge in [0.2, 0.25) is 5.91 Å². The average molecular weight is 228 g/mol. The summed E-state index contributed by atoms with van der Waals surface area (Å²) in [6.07, 6.45) is 2.59. The Hall–Kier alpha value is -1.10. The van der Waals surface area contributed by atoms with Crippen LogP contribution in [0.5, 0.6) is 0 Å². The van der Waals surface area contributed by atoms with Gasteiger partial charge in [-0.1, -0.05) is 0 Å². The normalized spacial score (nSPS) is 18.9. The third kappa shape index (κ3) is 3.20. The summed E-state index contributed by atoms with van der Waals surface area (Å²) in [5.41, 5.74) is 5.21. The van der Waals surface area contributed by atoms with Crippen LogP contribution in [0.2, 0.25) is 0 Å². The van der Waals surface area contributed by atoms with Crippen LogP contribution in [0.4, 0.5) is 0 Å². The van der Waals surface area contributed by atoms with Crippen LogP contribution in [-0.4, -0.2) is 41.0 Å². The van der Waals surface area contributed by atoms with Gasteiger partial charge in [-0.25, -0.2) is 0 Å². The van der Waals surface area contributed by atoms with Crippen LogP contribution in [0.1, 0.15) is 32.6 Å². The van der Waals surface area contributed by atoms with Crippen LogP contribution in [-0.2, 0) is 9.59 Å². The Morgan fingerprint density at radius 1 is 1.50 bits per heavy atom. The van der Waals surface area contributed by atoms with E-state index in [4.69, 9.17) is 10.8 Å². The highest BCUT2D eigenvalue weighted by Gasteiger charge is 2.45. The van der Waals surface area contributed by atoms with E-state index in [-0.39, 0.29) is 12.3 Å². The lowest BCUT2D eigenvalue weighted by molar-refractivity contribution is -0.139. The van der Waals surface area contributed by atoms with E-state index in [0.29, 0.717) is 18.9 Å². The second kappa shape index (κ2) is 4.82. The maximum Gasteiger partial charge on any atom is 0.303 e. The van der Waals surface area contributed by atoms with Gasteiger partial charge < -0.3 is 15.7 Å². The van der Waals surface area contributed by atoms with Gasteiger partial charge in [-0.15, -0.1) is 0 Å². The van der Waals surface area contributed by atoms with Crippen molar-refractivity contribution >= 4 is 11.9 Å². The van der Waals surface area contributed by atoms with Crippen LogP contribution < -0.4 is 5.73 Å². The number of carbonyl (C=O) groups excluding carboxylic acids is 1. The summed E-state index contributed by atoms with van der Waals surface area (Å²) in [5.74, 6) is -0.624. The zero-order valence-corrected chi connectivity index (χ0v) is 9.90. The fraction of sp³-hybridized carbons (Fsp3) is 0.818. The highest BCUT2D eigenvalue weighted by molar-refractivity contribution is 5.86. The van der Waals surface area contributed by atoms with Crippen LogP contribution in [0, 0.1) is 5.92 Å². The molecular weight excluding hydrogens is 208 g/mol. The molecule has 1 saturated carbocycles. The minimum absolute atomic E-state index is 0.0830. The summed E-state index contributed by atoms with van der Waals surface area (Å²) < 4.78 is 0. The van der Waals surface area contributed by atoms with Gasteiger partial charge in [0.05, 0.1) is 5.54 Å². The lowest BCUT2D eigenvalue weighted by Crippen LogP contribution is -2.54. The molecule has 92 valence electrons. The molecule has 1 rings (SSSR count). The molecule has 5 heteroatoms. The number of nitrogens with zero attached hydrogens (tertiary/aromatic N) is 1. The van der Waals surface area contributed by atoms with Gasteiger partial charge in [-0.2, -0.15) is 0 Å². The highest BCUT2D eigenvalue weighted by atomic mass is 16.4. The van der Waals surface area contributed by atoms with E-state index < -0.39 is 11.5 Å². The van der Waals surface area contributed by atoms with E-state index in [0.717, 1.165) is 12.8 Å². The molecule has 0 aliphatic heterocycles. The van der Waals surface area contributed by atoms with Crippen LogP contribution in [0.15, 0.2) is 0 Å². The van der Waals surface area contributed by atoms with E-state index in [1.165, 1.54) is 0 Å². The Balaban J connectivity index is 2.37. The fourth-order valence-corrected chi connectivity index (χ4v) is 1.84. The number of carboxylic acid groups (broad SMARTS) is 1. The fourth-order valence-electron chi connectivity index (χ4n) is 1.84. The van der Waals surface area contributed by atoms with Gasteiger partial charge in [-0.05, 0) is 32.1 Å². The molecule has 0 aromatic heterocycles. The minimum Gasteiger partial charge on any atom is -0.481 e. The maximum absolute atomic E-state index is 12.0. The Bertz CT molecular complexity index is 285. The van der Waals surface area contributed by atoms with Gasteiger partial charge in [0.25, 0.3) is 0 Å². The summed E-state index contributed by atoms with van der Waals surface area (Å²) in [6.45, 7) is 2.21. The molecule has 0 heterocycles. The largest absolute Gasteiger partial charge is 0.481 e. The van der Waals surface area contributed by atoms with E-state index in [1.807, 2.05) is 0 Å². The summed E-state index contributed by atoms with van der Waals surface area (Å²) >= 11 is 0. The number of carbonyl (C=O) groups is 2. The van der Waals surface area contributed by atoms with Gasteiger partial charge >= 0.3 is 5.97 Å². The SMILES string of the molecule is CN(CCCC(=O)O)C(=O)C(C)(N)C1CC1. The first-order chi connectivity index (χ1) is 7.35. The maximum atomic E-state index is 12.0. The third-order valence-corrected chi connectivity index (χ3v) is 3.12. The lowest BCUT2D eigenvalue weighted by atomic mass is 9.95. The molecule has 5 nitrogen and oxygen atoms in total. The quantitative estimate of drug-likeness (QED) is 0.691. The number of amides is 1. The predicted octanol–water partition coefficient (Wildman–Crippen LogP) is 0.437. The molecule has 1 aliphatic rings. The molecule has 1 fully saturated rings. The summed E-state index contributed by atoms with van der Waals surface area (Å²) in [5, 5.41) is 8.49. The second-order valence-corrected chi connectivity index (χ2v) is 4.78. The smallest absolute Gasteiger partial charge is 0.303 e. The predicted molar refractivity (Wildman–Crippen MR) is 59.8 cm³/mol. The monoisotopic (exact) mass is 228 g/mol. The van der Waals surface area contributed by atoms with Crippen LogP contribution in [0.3, 0.4) is 0 Å². The zero-order chi connectivity index (χ0) is 12.3. The van der Waals surface area contributed by atoms with Crippen molar-refractivity contribution in [1.82, 2.24) is 4.90 Å². The van der Waals surface area contributed by atoms with Gasteiger partial charge in [-0.3, -0.25) is 9.59 Å². The second-order valence-electron chi connectivity index (χ2n) is 4.78. The lowest BCUT2D eigenvalue weighted by Gasteiger charge is -2.29. The summed E-state index contributed by atoms with van der Waals surface area (Å²) in [6, 6.07) is 0. The van der Waals surface area contributed by atoms with E-state index >= 15 is 0 Å². The number of hydrogen-bond donors (Lipinski definition) is 2. The average Bonchev–Trinajstić information content (AvgIpc) is 2.98.